The summed E-state index contributed by atoms with van der Waals surface area (Å²) in [7, 11) is 0. The number of nitrogens with one attached hydrogen (secondary N) is 1. The number of rotatable bonds is 2. The molecule has 124 valence electrons. The van der Waals surface area contributed by atoms with Gasteiger partial charge in [-0.05, 0) is 37.6 Å². The van der Waals surface area contributed by atoms with E-state index in [2.05, 4.69) is 5.32 Å². The molecule has 0 aliphatic carbocycles. The normalized spacial score (nSPS) is 18.9. The van der Waals surface area contributed by atoms with Crippen LogP contribution in [0.25, 0.3) is 0 Å². The molecule has 0 spiro atoms. The predicted octanol–water partition coefficient (Wildman–Crippen LogP) is 3.79. The summed E-state index contributed by atoms with van der Waals surface area (Å²) in [5.41, 5.74) is 3.92. The average Bonchev–Trinajstić information content (AvgIpc) is 3.03. The van der Waals surface area contributed by atoms with Crippen molar-refractivity contribution < 1.29 is 13.9 Å². The van der Waals surface area contributed by atoms with Crippen LogP contribution in [0.2, 0.25) is 0 Å². The van der Waals surface area contributed by atoms with Crippen molar-refractivity contribution in [2.45, 2.75) is 32.4 Å². The minimum absolute atomic E-state index is 0.0324. The average molecular weight is 326 g/mol. The summed E-state index contributed by atoms with van der Waals surface area (Å²) in [6, 6.07) is 9.87. The lowest BCUT2D eigenvalue weighted by Crippen LogP contribution is -2.50. The second-order valence-corrected chi connectivity index (χ2v) is 6.48. The second kappa shape index (κ2) is 5.51. The molecule has 1 N–H and O–H groups in total. The maximum absolute atomic E-state index is 13.3. The van der Waals surface area contributed by atoms with Gasteiger partial charge in [0.25, 0.3) is 0 Å². The Bertz CT molecular complexity index is 802. The van der Waals surface area contributed by atoms with E-state index in [1.165, 1.54) is 12.1 Å². The van der Waals surface area contributed by atoms with Crippen LogP contribution in [0.5, 0.6) is 5.75 Å². The second-order valence-electron chi connectivity index (χ2n) is 6.48. The lowest BCUT2D eigenvalue weighted by Gasteiger charge is -2.38. The van der Waals surface area contributed by atoms with Gasteiger partial charge in [0.15, 0.2) is 0 Å². The van der Waals surface area contributed by atoms with E-state index in [9.17, 15) is 9.18 Å². The van der Waals surface area contributed by atoms with Gasteiger partial charge in [-0.1, -0.05) is 18.2 Å². The number of ether oxygens (including phenoxy) is 1. The van der Waals surface area contributed by atoms with E-state index in [1.54, 1.807) is 17.0 Å². The number of hydrogen-bond donors (Lipinski definition) is 1. The van der Waals surface area contributed by atoms with Gasteiger partial charge in [-0.25, -0.2) is 9.18 Å². The van der Waals surface area contributed by atoms with Crippen molar-refractivity contribution in [3.05, 3.63) is 58.9 Å². The van der Waals surface area contributed by atoms with Crippen molar-refractivity contribution in [2.24, 2.45) is 0 Å². The van der Waals surface area contributed by atoms with Gasteiger partial charge in [0.05, 0.1) is 18.3 Å². The van der Waals surface area contributed by atoms with E-state index >= 15 is 0 Å². The Morgan fingerprint density at radius 2 is 1.96 bits per heavy atom. The molecule has 4 nitrogen and oxygen atoms in total. The van der Waals surface area contributed by atoms with Gasteiger partial charge in [0, 0.05) is 23.6 Å². The number of amides is 2. The highest BCUT2D eigenvalue weighted by Crippen LogP contribution is 2.44. The first-order chi connectivity index (χ1) is 11.6. The molecular formula is C19H19FN2O2. The van der Waals surface area contributed by atoms with Gasteiger partial charge in [0.2, 0.25) is 0 Å². The van der Waals surface area contributed by atoms with Crippen molar-refractivity contribution in [1.82, 2.24) is 5.32 Å². The number of benzene rings is 2. The van der Waals surface area contributed by atoms with E-state index in [-0.39, 0.29) is 23.9 Å². The Morgan fingerprint density at radius 1 is 1.21 bits per heavy atom. The Hall–Kier alpha value is -2.56. The zero-order valence-electron chi connectivity index (χ0n) is 13.7. The lowest BCUT2D eigenvalue weighted by atomic mass is 9.91. The van der Waals surface area contributed by atoms with Crippen LogP contribution in [-0.2, 0) is 6.42 Å². The Kier molecular flexibility index (Phi) is 3.44. The molecule has 2 aliphatic heterocycles. The molecule has 2 heterocycles. The van der Waals surface area contributed by atoms with E-state index in [0.717, 1.165) is 34.5 Å². The molecule has 2 aromatic rings. The monoisotopic (exact) mass is 326 g/mol. The molecule has 4 rings (SSSR count). The molecule has 5 heteroatoms. The number of halogens is 1. The Balaban J connectivity index is 1.90. The highest BCUT2D eigenvalue weighted by molar-refractivity contribution is 5.98. The summed E-state index contributed by atoms with van der Waals surface area (Å²) in [5, 5.41) is 3.05. The van der Waals surface area contributed by atoms with E-state index in [4.69, 9.17) is 4.74 Å². The zero-order chi connectivity index (χ0) is 16.8. The van der Waals surface area contributed by atoms with Crippen LogP contribution in [0.3, 0.4) is 0 Å². The Morgan fingerprint density at radius 3 is 2.67 bits per heavy atom. The van der Waals surface area contributed by atoms with Crippen molar-refractivity contribution in [3.8, 4) is 5.75 Å². The summed E-state index contributed by atoms with van der Waals surface area (Å²) < 4.78 is 18.9. The molecule has 1 unspecified atom stereocenters. The number of carbonyl (C=O) groups is 1. The van der Waals surface area contributed by atoms with Crippen molar-refractivity contribution >= 4 is 11.7 Å². The summed E-state index contributed by atoms with van der Waals surface area (Å²) >= 11 is 0. The molecule has 2 aliphatic rings. The minimum atomic E-state index is -0.285. The summed E-state index contributed by atoms with van der Waals surface area (Å²) in [5.74, 6) is 0.569. The third-order valence-electron chi connectivity index (χ3n) is 4.64. The number of nitrogens with zero attached hydrogens (tertiary/aromatic N) is 1. The van der Waals surface area contributed by atoms with Gasteiger partial charge in [0.1, 0.15) is 11.6 Å². The molecular weight excluding hydrogens is 307 g/mol. The van der Waals surface area contributed by atoms with E-state index in [1.807, 2.05) is 26.0 Å². The predicted molar refractivity (Wildman–Crippen MR) is 90.0 cm³/mol. The fourth-order valence-corrected chi connectivity index (χ4v) is 3.58. The lowest BCUT2D eigenvalue weighted by molar-refractivity contribution is 0.241. The van der Waals surface area contributed by atoms with Gasteiger partial charge < -0.3 is 10.1 Å². The maximum Gasteiger partial charge on any atom is 0.322 e. The van der Waals surface area contributed by atoms with Crippen molar-refractivity contribution in [1.29, 1.82) is 0 Å². The molecule has 2 amide bonds. The summed E-state index contributed by atoms with van der Waals surface area (Å²) in [6.07, 6.45) is 0.797. The topological polar surface area (TPSA) is 41.6 Å². The SMILES string of the molecule is CC(C)N1C(=O)NC(c2ccc(F)cc2)c2ccc3c(c21)CCO3. The standard InChI is InChI=1S/C19H19FN2O2/c1-11(2)22-18-14-9-10-24-16(14)8-7-15(18)17(21-19(22)23)12-3-5-13(20)6-4-12/h3-8,11,17H,9-10H2,1-2H3,(H,21,23). The third-order valence-corrected chi connectivity index (χ3v) is 4.64. The smallest absolute Gasteiger partial charge is 0.322 e. The van der Waals surface area contributed by atoms with Crippen LogP contribution in [0.4, 0.5) is 14.9 Å². The molecule has 0 radical (unpaired) electrons. The first kappa shape index (κ1) is 15.0. The Labute approximate surface area is 140 Å². The molecule has 0 aromatic heterocycles. The molecule has 0 saturated heterocycles. The molecule has 0 fully saturated rings. The van der Waals surface area contributed by atoms with Crippen LogP contribution in [0.1, 0.15) is 36.6 Å². The summed E-state index contributed by atoms with van der Waals surface area (Å²) in [6.45, 7) is 4.63. The third kappa shape index (κ3) is 2.23. The highest BCUT2D eigenvalue weighted by Gasteiger charge is 2.36. The number of urea groups is 1. The zero-order valence-corrected chi connectivity index (χ0v) is 13.7. The molecule has 24 heavy (non-hydrogen) atoms. The fourth-order valence-electron chi connectivity index (χ4n) is 3.58. The first-order valence-corrected chi connectivity index (χ1v) is 8.20. The molecule has 0 saturated carbocycles. The van der Waals surface area contributed by atoms with Crippen molar-refractivity contribution in [3.63, 3.8) is 0 Å². The van der Waals surface area contributed by atoms with Crippen LogP contribution in [0, 0.1) is 5.82 Å². The highest BCUT2D eigenvalue weighted by atomic mass is 19.1. The number of anilines is 1. The van der Waals surface area contributed by atoms with Crippen molar-refractivity contribution in [2.75, 3.05) is 11.5 Å². The largest absolute Gasteiger partial charge is 0.493 e. The number of fused-ring (bicyclic) bond motifs is 3. The van der Waals surface area contributed by atoms with E-state index < -0.39 is 0 Å². The molecule has 1 atom stereocenters. The fraction of sp³-hybridized carbons (Fsp3) is 0.316. The molecule has 0 bridgehead atoms. The van der Waals surface area contributed by atoms with Gasteiger partial charge in [-0.2, -0.15) is 0 Å². The van der Waals surface area contributed by atoms with E-state index in [0.29, 0.717) is 6.61 Å². The van der Waals surface area contributed by atoms with Crippen LogP contribution < -0.4 is 15.0 Å². The number of carbonyl (C=O) groups excluding carboxylic acids is 1. The van der Waals surface area contributed by atoms with Crippen LogP contribution in [-0.4, -0.2) is 18.7 Å². The van der Waals surface area contributed by atoms with Gasteiger partial charge in [-0.3, -0.25) is 4.90 Å². The van der Waals surface area contributed by atoms with Crippen LogP contribution in [0.15, 0.2) is 36.4 Å². The first-order valence-electron chi connectivity index (χ1n) is 8.20. The maximum atomic E-state index is 13.3. The quantitative estimate of drug-likeness (QED) is 0.912. The van der Waals surface area contributed by atoms with Gasteiger partial charge in [-0.15, -0.1) is 0 Å². The molecule has 2 aromatic carbocycles. The minimum Gasteiger partial charge on any atom is -0.493 e. The summed E-state index contributed by atoms with van der Waals surface area (Å²) in [4.78, 5) is 14.5. The van der Waals surface area contributed by atoms with Gasteiger partial charge >= 0.3 is 6.03 Å². The van der Waals surface area contributed by atoms with Crippen LogP contribution >= 0.6 is 0 Å². The number of hydrogen-bond acceptors (Lipinski definition) is 2.